The molecule has 0 spiro atoms. The van der Waals surface area contributed by atoms with Crippen LogP contribution in [0.25, 0.3) is 0 Å². The topological polar surface area (TPSA) is 85.8 Å². The number of nitrogens with zero attached hydrogens (tertiary/aromatic N) is 2. The number of fused-ring (bicyclic) bond motifs is 1. The number of carbonyl (C=O) groups is 1. The fourth-order valence-electron chi connectivity index (χ4n) is 2.24. The minimum Gasteiger partial charge on any atom is -0.497 e. The van der Waals surface area contributed by atoms with E-state index in [4.69, 9.17) is 9.47 Å². The van der Waals surface area contributed by atoms with Crippen molar-refractivity contribution in [2.24, 2.45) is 0 Å². The van der Waals surface area contributed by atoms with E-state index in [-0.39, 0.29) is 22.8 Å². The standard InChI is InChI=1S/C13H12N2O5S2/c1-19-8-5-9-12(10(6-8)20-2)22(17,18)15(13(9)16)7-11-14-3-4-21-11/h3-6H,7H2,1-2H3. The monoisotopic (exact) mass is 340 g/mol. The average molecular weight is 340 g/mol. The minimum absolute atomic E-state index is 0.0488. The van der Waals surface area contributed by atoms with Gasteiger partial charge in [0, 0.05) is 17.6 Å². The summed E-state index contributed by atoms with van der Waals surface area (Å²) in [7, 11) is -1.19. The zero-order valence-corrected chi connectivity index (χ0v) is 13.4. The van der Waals surface area contributed by atoms with Crippen molar-refractivity contribution in [3.63, 3.8) is 0 Å². The van der Waals surface area contributed by atoms with Gasteiger partial charge in [0.25, 0.3) is 15.9 Å². The molecule has 0 unspecified atom stereocenters. The Kier molecular flexibility index (Phi) is 3.53. The van der Waals surface area contributed by atoms with Crippen molar-refractivity contribution < 1.29 is 22.7 Å². The lowest BCUT2D eigenvalue weighted by Crippen LogP contribution is -2.29. The van der Waals surface area contributed by atoms with Crippen LogP contribution in [0.2, 0.25) is 0 Å². The molecular formula is C13H12N2O5S2. The second kappa shape index (κ2) is 5.25. The van der Waals surface area contributed by atoms with Gasteiger partial charge in [-0.05, 0) is 6.07 Å². The van der Waals surface area contributed by atoms with Gasteiger partial charge in [-0.1, -0.05) is 0 Å². The van der Waals surface area contributed by atoms with E-state index in [2.05, 4.69) is 4.98 Å². The molecule has 0 atom stereocenters. The molecule has 0 bridgehead atoms. The van der Waals surface area contributed by atoms with Gasteiger partial charge in [0.2, 0.25) is 0 Å². The van der Waals surface area contributed by atoms with Crippen molar-refractivity contribution in [1.29, 1.82) is 0 Å². The molecule has 22 heavy (non-hydrogen) atoms. The molecular weight excluding hydrogens is 328 g/mol. The van der Waals surface area contributed by atoms with Crippen LogP contribution in [0.3, 0.4) is 0 Å². The highest BCUT2D eigenvalue weighted by Crippen LogP contribution is 2.40. The first-order valence-electron chi connectivity index (χ1n) is 6.20. The van der Waals surface area contributed by atoms with Crippen LogP contribution in [-0.2, 0) is 16.6 Å². The molecule has 0 saturated heterocycles. The molecule has 0 N–H and O–H groups in total. The van der Waals surface area contributed by atoms with Gasteiger partial charge in [-0.2, -0.15) is 0 Å². The SMILES string of the molecule is COc1cc(OC)c2c(c1)C(=O)N(Cc1nccs1)S2(=O)=O. The predicted octanol–water partition coefficient (Wildman–Crippen LogP) is 1.51. The Morgan fingerprint density at radius 1 is 1.27 bits per heavy atom. The number of carbonyl (C=O) groups excluding carboxylic acids is 1. The van der Waals surface area contributed by atoms with E-state index in [0.717, 1.165) is 4.31 Å². The molecule has 1 aromatic heterocycles. The predicted molar refractivity (Wildman–Crippen MR) is 78.7 cm³/mol. The quantitative estimate of drug-likeness (QED) is 0.838. The number of thiazole rings is 1. The normalized spacial score (nSPS) is 15.7. The largest absolute Gasteiger partial charge is 0.497 e. The van der Waals surface area contributed by atoms with Crippen molar-refractivity contribution in [1.82, 2.24) is 9.29 Å². The van der Waals surface area contributed by atoms with Crippen LogP contribution in [0.15, 0.2) is 28.6 Å². The maximum atomic E-state index is 12.7. The summed E-state index contributed by atoms with van der Waals surface area (Å²) in [6, 6.07) is 2.84. The Labute approximate surface area is 131 Å². The van der Waals surface area contributed by atoms with Gasteiger partial charge in [-0.25, -0.2) is 17.7 Å². The number of methoxy groups -OCH3 is 2. The molecule has 1 aliphatic rings. The molecule has 0 saturated carbocycles. The van der Waals surface area contributed by atoms with Crippen LogP contribution in [0.1, 0.15) is 15.4 Å². The van der Waals surface area contributed by atoms with E-state index >= 15 is 0 Å². The molecule has 116 valence electrons. The Bertz CT molecular complexity index is 830. The van der Waals surface area contributed by atoms with Gasteiger partial charge >= 0.3 is 0 Å². The van der Waals surface area contributed by atoms with Gasteiger partial charge in [-0.15, -0.1) is 11.3 Å². The summed E-state index contributed by atoms with van der Waals surface area (Å²) in [6.45, 7) is -0.0982. The second-order valence-corrected chi connectivity index (χ2v) is 7.23. The van der Waals surface area contributed by atoms with Crippen LogP contribution in [-0.4, -0.2) is 37.8 Å². The third-order valence-electron chi connectivity index (χ3n) is 3.25. The smallest absolute Gasteiger partial charge is 0.271 e. The molecule has 0 radical (unpaired) electrons. The molecule has 1 aromatic carbocycles. The van der Waals surface area contributed by atoms with E-state index < -0.39 is 15.9 Å². The van der Waals surface area contributed by atoms with Crippen LogP contribution >= 0.6 is 11.3 Å². The summed E-state index contributed by atoms with van der Waals surface area (Å²) in [5.74, 6) is -0.165. The molecule has 3 rings (SSSR count). The first kappa shape index (κ1) is 14.8. The van der Waals surface area contributed by atoms with E-state index in [1.807, 2.05) is 0 Å². The Balaban J connectivity index is 2.14. The summed E-state index contributed by atoms with van der Waals surface area (Å²) in [4.78, 5) is 16.4. The molecule has 0 fully saturated rings. The van der Waals surface area contributed by atoms with Crippen molar-refractivity contribution in [3.05, 3.63) is 34.3 Å². The molecule has 0 aliphatic carbocycles. The Morgan fingerprint density at radius 3 is 2.64 bits per heavy atom. The zero-order chi connectivity index (χ0) is 15.9. The van der Waals surface area contributed by atoms with E-state index in [9.17, 15) is 13.2 Å². The fourth-order valence-corrected chi connectivity index (χ4v) is 4.57. The number of hydrogen-bond donors (Lipinski definition) is 0. The van der Waals surface area contributed by atoms with Crippen LogP contribution in [0, 0.1) is 0 Å². The van der Waals surface area contributed by atoms with Gasteiger partial charge < -0.3 is 9.47 Å². The van der Waals surface area contributed by atoms with Gasteiger partial charge in [0.1, 0.15) is 21.4 Å². The lowest BCUT2D eigenvalue weighted by atomic mass is 10.2. The minimum atomic E-state index is -3.97. The van der Waals surface area contributed by atoms with Crippen molar-refractivity contribution in [3.8, 4) is 11.5 Å². The van der Waals surface area contributed by atoms with E-state index in [1.54, 1.807) is 11.6 Å². The third-order valence-corrected chi connectivity index (χ3v) is 5.83. The summed E-state index contributed by atoms with van der Waals surface area (Å²) < 4.78 is 36.3. The summed E-state index contributed by atoms with van der Waals surface area (Å²) in [6.07, 6.45) is 1.56. The summed E-state index contributed by atoms with van der Waals surface area (Å²) in [5.41, 5.74) is 0.0488. The van der Waals surface area contributed by atoms with Crippen molar-refractivity contribution in [2.45, 2.75) is 11.4 Å². The maximum absolute atomic E-state index is 12.7. The van der Waals surface area contributed by atoms with Crippen LogP contribution < -0.4 is 9.47 Å². The molecule has 1 amide bonds. The number of amides is 1. The van der Waals surface area contributed by atoms with E-state index in [0.29, 0.717) is 10.8 Å². The number of ether oxygens (including phenoxy) is 2. The number of rotatable bonds is 4. The summed E-state index contributed by atoms with van der Waals surface area (Å²) >= 11 is 1.28. The third kappa shape index (κ3) is 2.13. The highest BCUT2D eigenvalue weighted by molar-refractivity contribution is 7.90. The maximum Gasteiger partial charge on any atom is 0.271 e. The molecule has 2 aromatic rings. The highest BCUT2D eigenvalue weighted by atomic mass is 32.2. The van der Waals surface area contributed by atoms with E-state index in [1.165, 1.54) is 37.7 Å². The average Bonchev–Trinajstić information content (AvgIpc) is 3.08. The number of benzene rings is 1. The first-order chi connectivity index (χ1) is 10.5. The van der Waals surface area contributed by atoms with Gasteiger partial charge in [-0.3, -0.25) is 4.79 Å². The zero-order valence-electron chi connectivity index (χ0n) is 11.8. The number of aromatic nitrogens is 1. The lowest BCUT2D eigenvalue weighted by molar-refractivity contribution is 0.0864. The molecule has 1 aliphatic heterocycles. The summed E-state index contributed by atoms with van der Waals surface area (Å²) in [5, 5.41) is 2.26. The molecule has 2 heterocycles. The van der Waals surface area contributed by atoms with Crippen LogP contribution in [0.4, 0.5) is 0 Å². The van der Waals surface area contributed by atoms with Crippen LogP contribution in [0.5, 0.6) is 11.5 Å². The van der Waals surface area contributed by atoms with Crippen molar-refractivity contribution in [2.75, 3.05) is 14.2 Å². The molecule has 9 heteroatoms. The number of sulfonamides is 1. The number of hydrogen-bond acceptors (Lipinski definition) is 7. The van der Waals surface area contributed by atoms with Gasteiger partial charge in [0.05, 0.1) is 26.3 Å². The highest BCUT2D eigenvalue weighted by Gasteiger charge is 2.44. The van der Waals surface area contributed by atoms with Crippen molar-refractivity contribution >= 4 is 27.3 Å². The Morgan fingerprint density at radius 2 is 2.05 bits per heavy atom. The van der Waals surface area contributed by atoms with Gasteiger partial charge in [0.15, 0.2) is 0 Å². The fraction of sp³-hybridized carbons (Fsp3) is 0.231. The second-order valence-electron chi connectivity index (χ2n) is 4.45. The first-order valence-corrected chi connectivity index (χ1v) is 8.52. The molecule has 7 nitrogen and oxygen atoms in total. The Hall–Kier alpha value is -2.13. The lowest BCUT2D eigenvalue weighted by Gasteiger charge is -2.13.